The molecule has 0 fully saturated rings. The van der Waals surface area contributed by atoms with E-state index in [1.807, 2.05) is 0 Å². The number of anilines is 2. The molecule has 0 aliphatic heterocycles. The molecule has 2 amide bonds. The van der Waals surface area contributed by atoms with Crippen LogP contribution in [-0.2, 0) is 9.59 Å². The molecule has 156 valence electrons. The molecule has 10 heteroatoms. The van der Waals surface area contributed by atoms with Gasteiger partial charge < -0.3 is 15.4 Å². The number of nitrogens with one attached hydrogen (secondary N) is 2. The summed E-state index contributed by atoms with van der Waals surface area (Å²) in [5, 5.41) is 4.95. The van der Waals surface area contributed by atoms with Crippen molar-refractivity contribution in [2.24, 2.45) is 0 Å². The van der Waals surface area contributed by atoms with Gasteiger partial charge >= 0.3 is 6.36 Å². The van der Waals surface area contributed by atoms with Crippen molar-refractivity contribution >= 4 is 23.2 Å². The van der Waals surface area contributed by atoms with Gasteiger partial charge in [0.2, 0.25) is 11.8 Å². The first kappa shape index (κ1) is 22.2. The molecule has 0 unspecified atom stereocenters. The van der Waals surface area contributed by atoms with E-state index in [0.29, 0.717) is 0 Å². The van der Waals surface area contributed by atoms with Crippen LogP contribution in [0.2, 0.25) is 0 Å². The van der Waals surface area contributed by atoms with Gasteiger partial charge in [-0.05, 0) is 50.4 Å². The number of para-hydroxylation sites is 1. The fourth-order valence-electron chi connectivity index (χ4n) is 2.30. The Balaban J connectivity index is 1.87. The number of ether oxygens (including phenoxy) is 1. The zero-order valence-corrected chi connectivity index (χ0v) is 15.6. The molecule has 2 aromatic carbocycles. The normalized spacial score (nSPS) is 12.4. The predicted octanol–water partition coefficient (Wildman–Crippen LogP) is 3.62. The van der Waals surface area contributed by atoms with Crippen molar-refractivity contribution in [1.29, 1.82) is 0 Å². The molecule has 0 bridgehead atoms. The van der Waals surface area contributed by atoms with Crippen LogP contribution in [-0.4, -0.2) is 42.7 Å². The summed E-state index contributed by atoms with van der Waals surface area (Å²) >= 11 is 0. The third-order valence-electron chi connectivity index (χ3n) is 3.94. The maximum Gasteiger partial charge on any atom is 0.573 e. The first-order valence-electron chi connectivity index (χ1n) is 8.46. The predicted molar refractivity (Wildman–Crippen MR) is 98.9 cm³/mol. The highest BCUT2D eigenvalue weighted by Gasteiger charge is 2.31. The van der Waals surface area contributed by atoms with Gasteiger partial charge in [0.25, 0.3) is 0 Å². The van der Waals surface area contributed by atoms with Crippen molar-refractivity contribution in [2.45, 2.75) is 19.3 Å². The lowest BCUT2D eigenvalue weighted by Crippen LogP contribution is -2.43. The van der Waals surface area contributed by atoms with E-state index in [1.165, 1.54) is 42.3 Å². The Labute approximate surface area is 164 Å². The van der Waals surface area contributed by atoms with E-state index < -0.39 is 35.8 Å². The minimum atomic E-state index is -4.80. The Morgan fingerprint density at radius 2 is 1.69 bits per heavy atom. The van der Waals surface area contributed by atoms with Crippen molar-refractivity contribution in [3.05, 3.63) is 54.3 Å². The fourth-order valence-corrected chi connectivity index (χ4v) is 2.30. The van der Waals surface area contributed by atoms with Crippen LogP contribution in [0, 0.1) is 5.82 Å². The Hall–Kier alpha value is -3.14. The third-order valence-corrected chi connectivity index (χ3v) is 3.94. The summed E-state index contributed by atoms with van der Waals surface area (Å²) in [5.41, 5.74) is 0.296. The highest BCUT2D eigenvalue weighted by Crippen LogP contribution is 2.24. The lowest BCUT2D eigenvalue weighted by molar-refractivity contribution is -0.274. The molecule has 0 aliphatic rings. The number of likely N-dealkylation sites (N-methyl/N-ethyl adjacent to an activating group) is 1. The molecule has 0 aliphatic carbocycles. The van der Waals surface area contributed by atoms with E-state index >= 15 is 0 Å². The molecule has 0 saturated carbocycles. The summed E-state index contributed by atoms with van der Waals surface area (Å²) in [6, 6.07) is 9.59. The van der Waals surface area contributed by atoms with Crippen LogP contribution in [0.25, 0.3) is 0 Å². The third kappa shape index (κ3) is 7.07. The molecule has 0 radical (unpaired) electrons. The molecular weight excluding hydrogens is 394 g/mol. The molecule has 29 heavy (non-hydrogen) atoms. The quantitative estimate of drug-likeness (QED) is 0.681. The summed E-state index contributed by atoms with van der Waals surface area (Å²) in [6.07, 6.45) is -4.80. The van der Waals surface area contributed by atoms with Gasteiger partial charge in [0.05, 0.1) is 18.3 Å². The van der Waals surface area contributed by atoms with Crippen molar-refractivity contribution in [3.63, 3.8) is 0 Å². The second-order valence-electron chi connectivity index (χ2n) is 6.18. The minimum Gasteiger partial charge on any atom is -0.406 e. The molecule has 2 rings (SSSR count). The fraction of sp³-hybridized carbons (Fsp3) is 0.263. The van der Waals surface area contributed by atoms with Crippen molar-refractivity contribution in [3.8, 4) is 5.75 Å². The van der Waals surface area contributed by atoms with Crippen molar-refractivity contribution in [2.75, 3.05) is 24.2 Å². The molecular formula is C19H19F4N3O3. The van der Waals surface area contributed by atoms with Crippen LogP contribution in [0.1, 0.15) is 6.92 Å². The first-order valence-corrected chi connectivity index (χ1v) is 8.46. The molecule has 1 atom stereocenters. The lowest BCUT2D eigenvalue weighted by Gasteiger charge is -2.23. The highest BCUT2D eigenvalue weighted by atomic mass is 19.4. The Kier molecular flexibility index (Phi) is 7.16. The van der Waals surface area contributed by atoms with Gasteiger partial charge in [0.1, 0.15) is 11.6 Å². The number of alkyl halides is 3. The minimum absolute atomic E-state index is 0.0309. The van der Waals surface area contributed by atoms with E-state index in [-0.39, 0.29) is 17.9 Å². The number of benzene rings is 2. The van der Waals surface area contributed by atoms with E-state index in [9.17, 15) is 27.2 Å². The smallest absolute Gasteiger partial charge is 0.406 e. The van der Waals surface area contributed by atoms with E-state index in [4.69, 9.17) is 0 Å². The van der Waals surface area contributed by atoms with Gasteiger partial charge in [-0.1, -0.05) is 12.1 Å². The van der Waals surface area contributed by atoms with Gasteiger partial charge in [0, 0.05) is 5.69 Å². The van der Waals surface area contributed by atoms with E-state index in [1.54, 1.807) is 13.0 Å². The number of halogens is 4. The van der Waals surface area contributed by atoms with Gasteiger partial charge in [-0.3, -0.25) is 14.5 Å². The second kappa shape index (κ2) is 9.37. The summed E-state index contributed by atoms with van der Waals surface area (Å²) in [5.74, 6) is -1.97. The summed E-state index contributed by atoms with van der Waals surface area (Å²) < 4.78 is 53.8. The average molecular weight is 413 g/mol. The molecule has 0 heterocycles. The van der Waals surface area contributed by atoms with Crippen LogP contribution in [0.5, 0.6) is 5.75 Å². The van der Waals surface area contributed by atoms with E-state index in [0.717, 1.165) is 12.1 Å². The lowest BCUT2D eigenvalue weighted by atomic mass is 10.2. The SMILES string of the molecule is C[C@@H](C(=O)Nc1ccccc1F)N(C)CC(=O)Nc1ccc(OC(F)(F)F)cc1. The second-order valence-corrected chi connectivity index (χ2v) is 6.18. The monoisotopic (exact) mass is 413 g/mol. The van der Waals surface area contributed by atoms with Crippen LogP contribution in [0.15, 0.2) is 48.5 Å². The summed E-state index contributed by atoms with van der Waals surface area (Å²) in [4.78, 5) is 25.8. The molecule has 2 aromatic rings. The van der Waals surface area contributed by atoms with Gasteiger partial charge in [-0.15, -0.1) is 13.2 Å². The Morgan fingerprint density at radius 1 is 1.07 bits per heavy atom. The molecule has 6 nitrogen and oxygen atoms in total. The Bertz CT molecular complexity index is 857. The number of nitrogens with zero attached hydrogens (tertiary/aromatic N) is 1. The van der Waals surface area contributed by atoms with Crippen LogP contribution in [0.4, 0.5) is 28.9 Å². The number of rotatable bonds is 7. The number of amides is 2. The number of hydrogen-bond acceptors (Lipinski definition) is 4. The van der Waals surface area contributed by atoms with Crippen molar-refractivity contribution in [1.82, 2.24) is 4.90 Å². The zero-order valence-electron chi connectivity index (χ0n) is 15.6. The average Bonchev–Trinajstić information content (AvgIpc) is 2.63. The van der Waals surface area contributed by atoms with Crippen LogP contribution >= 0.6 is 0 Å². The number of hydrogen-bond donors (Lipinski definition) is 2. The molecule has 0 saturated heterocycles. The maximum absolute atomic E-state index is 13.6. The summed E-state index contributed by atoms with van der Waals surface area (Å²) in [7, 11) is 1.53. The highest BCUT2D eigenvalue weighted by molar-refractivity contribution is 5.96. The molecule has 2 N–H and O–H groups in total. The topological polar surface area (TPSA) is 70.7 Å². The van der Waals surface area contributed by atoms with Crippen LogP contribution in [0.3, 0.4) is 0 Å². The van der Waals surface area contributed by atoms with Gasteiger partial charge in [-0.2, -0.15) is 0 Å². The summed E-state index contributed by atoms with van der Waals surface area (Å²) in [6.45, 7) is 1.37. The largest absolute Gasteiger partial charge is 0.573 e. The maximum atomic E-state index is 13.6. The zero-order chi connectivity index (χ0) is 21.6. The Morgan fingerprint density at radius 3 is 2.28 bits per heavy atom. The number of carbonyl (C=O) groups is 2. The number of carbonyl (C=O) groups excluding carboxylic acids is 2. The molecule has 0 spiro atoms. The van der Waals surface area contributed by atoms with E-state index in [2.05, 4.69) is 15.4 Å². The van der Waals surface area contributed by atoms with Gasteiger partial charge in [-0.25, -0.2) is 4.39 Å². The first-order chi connectivity index (χ1) is 13.5. The molecule has 0 aromatic heterocycles. The standard InChI is InChI=1S/C19H19F4N3O3/c1-12(18(28)25-16-6-4-3-5-15(16)20)26(2)11-17(27)24-13-7-9-14(10-8-13)29-19(21,22)23/h3-10,12H,11H2,1-2H3,(H,24,27)(H,25,28)/t12-/m0/s1. The van der Waals surface area contributed by atoms with Crippen molar-refractivity contribution < 1.29 is 31.9 Å². The van der Waals surface area contributed by atoms with Crippen LogP contribution < -0.4 is 15.4 Å². The van der Waals surface area contributed by atoms with Gasteiger partial charge in [0.15, 0.2) is 0 Å².